The van der Waals surface area contributed by atoms with Gasteiger partial charge < -0.3 is 15.0 Å². The molecule has 0 aliphatic carbocycles. The molecule has 4 nitrogen and oxygen atoms in total. The Hall–Kier alpha value is -1.55. The summed E-state index contributed by atoms with van der Waals surface area (Å²) in [5.74, 6) is 0.775. The van der Waals surface area contributed by atoms with Crippen LogP contribution in [0.5, 0.6) is 5.75 Å². The third kappa shape index (κ3) is 5.76. The van der Waals surface area contributed by atoms with Crippen LogP contribution in [0, 0.1) is 0 Å². The molecule has 1 rings (SSSR count). The molecule has 0 aliphatic rings. The van der Waals surface area contributed by atoms with Crippen molar-refractivity contribution in [3.05, 3.63) is 29.8 Å². The standard InChI is InChI=1S/C17H28N2O2/c1-6-19(7-2)17(20)14(5)21-16-10-8-9-15(11-16)12-18-13(3)4/h8-11,13-14,18H,6-7,12H2,1-5H3. The lowest BCUT2D eigenvalue weighted by Gasteiger charge is -2.23. The van der Waals surface area contributed by atoms with Crippen molar-refractivity contribution in [1.29, 1.82) is 0 Å². The van der Waals surface area contributed by atoms with Gasteiger partial charge in [0, 0.05) is 25.7 Å². The predicted octanol–water partition coefficient (Wildman–Crippen LogP) is 2.82. The van der Waals surface area contributed by atoms with E-state index >= 15 is 0 Å². The summed E-state index contributed by atoms with van der Waals surface area (Å²) in [6.45, 7) is 12.2. The summed E-state index contributed by atoms with van der Waals surface area (Å²) in [6, 6.07) is 8.34. The smallest absolute Gasteiger partial charge is 0.263 e. The number of amides is 1. The van der Waals surface area contributed by atoms with Gasteiger partial charge in [0.2, 0.25) is 0 Å². The molecule has 1 aromatic rings. The summed E-state index contributed by atoms with van der Waals surface area (Å²) in [7, 11) is 0. The Labute approximate surface area is 128 Å². The fourth-order valence-corrected chi connectivity index (χ4v) is 2.10. The number of hydrogen-bond acceptors (Lipinski definition) is 3. The van der Waals surface area contributed by atoms with E-state index in [2.05, 4.69) is 25.2 Å². The van der Waals surface area contributed by atoms with E-state index in [4.69, 9.17) is 4.74 Å². The zero-order valence-corrected chi connectivity index (χ0v) is 13.8. The molecule has 0 bridgehead atoms. The molecule has 4 heteroatoms. The van der Waals surface area contributed by atoms with Crippen LogP contribution in [0.1, 0.15) is 40.2 Å². The minimum Gasteiger partial charge on any atom is -0.481 e. The van der Waals surface area contributed by atoms with E-state index in [-0.39, 0.29) is 5.91 Å². The number of rotatable bonds is 8. The van der Waals surface area contributed by atoms with Crippen LogP contribution in [0.4, 0.5) is 0 Å². The maximum absolute atomic E-state index is 12.2. The molecule has 1 aromatic carbocycles. The van der Waals surface area contributed by atoms with E-state index in [1.54, 1.807) is 11.8 Å². The first-order valence-electron chi connectivity index (χ1n) is 7.75. The lowest BCUT2D eigenvalue weighted by molar-refractivity contribution is -0.137. The van der Waals surface area contributed by atoms with Gasteiger partial charge in [-0.1, -0.05) is 26.0 Å². The molecule has 0 saturated heterocycles. The third-order valence-electron chi connectivity index (χ3n) is 3.35. The highest BCUT2D eigenvalue weighted by atomic mass is 16.5. The van der Waals surface area contributed by atoms with Crippen LogP contribution in [0.25, 0.3) is 0 Å². The first kappa shape index (κ1) is 17.5. The fourth-order valence-electron chi connectivity index (χ4n) is 2.10. The molecule has 1 N–H and O–H groups in total. The molecule has 0 aliphatic heterocycles. The van der Waals surface area contributed by atoms with Crippen LogP contribution in [-0.2, 0) is 11.3 Å². The van der Waals surface area contributed by atoms with Crippen molar-refractivity contribution in [2.24, 2.45) is 0 Å². The van der Waals surface area contributed by atoms with Crippen LogP contribution in [0.15, 0.2) is 24.3 Å². The Morgan fingerprint density at radius 2 is 1.90 bits per heavy atom. The summed E-state index contributed by atoms with van der Waals surface area (Å²) >= 11 is 0. The summed E-state index contributed by atoms with van der Waals surface area (Å²) in [5.41, 5.74) is 1.16. The lowest BCUT2D eigenvalue weighted by Crippen LogP contribution is -2.40. The van der Waals surface area contributed by atoms with Crippen molar-refractivity contribution in [3.8, 4) is 5.75 Å². The summed E-state index contributed by atoms with van der Waals surface area (Å²) < 4.78 is 5.79. The molecule has 0 saturated carbocycles. The van der Waals surface area contributed by atoms with E-state index in [9.17, 15) is 4.79 Å². The van der Waals surface area contributed by atoms with Crippen LogP contribution in [0.2, 0.25) is 0 Å². The Morgan fingerprint density at radius 1 is 1.24 bits per heavy atom. The summed E-state index contributed by atoms with van der Waals surface area (Å²) in [5, 5.41) is 3.37. The number of carbonyl (C=O) groups is 1. The van der Waals surface area contributed by atoms with E-state index < -0.39 is 6.10 Å². The average Bonchev–Trinajstić information content (AvgIpc) is 2.46. The van der Waals surface area contributed by atoms with E-state index in [0.29, 0.717) is 19.1 Å². The second kappa shape index (κ2) is 8.67. The topological polar surface area (TPSA) is 41.6 Å². The zero-order valence-electron chi connectivity index (χ0n) is 13.8. The lowest BCUT2D eigenvalue weighted by atomic mass is 10.2. The molecule has 1 amide bonds. The molecule has 0 heterocycles. The maximum atomic E-state index is 12.2. The second-order valence-corrected chi connectivity index (χ2v) is 5.45. The van der Waals surface area contributed by atoms with Crippen LogP contribution >= 0.6 is 0 Å². The molecule has 0 spiro atoms. The van der Waals surface area contributed by atoms with Crippen molar-refractivity contribution in [2.45, 2.75) is 53.3 Å². The molecule has 21 heavy (non-hydrogen) atoms. The largest absolute Gasteiger partial charge is 0.481 e. The van der Waals surface area contributed by atoms with Gasteiger partial charge in [0.15, 0.2) is 6.10 Å². The highest BCUT2D eigenvalue weighted by molar-refractivity contribution is 5.80. The molecule has 1 atom stereocenters. The van der Waals surface area contributed by atoms with Crippen LogP contribution < -0.4 is 10.1 Å². The Morgan fingerprint density at radius 3 is 2.48 bits per heavy atom. The molecular weight excluding hydrogens is 264 g/mol. The van der Waals surface area contributed by atoms with Crippen molar-refractivity contribution in [3.63, 3.8) is 0 Å². The number of benzene rings is 1. The van der Waals surface area contributed by atoms with Crippen LogP contribution in [0.3, 0.4) is 0 Å². The minimum atomic E-state index is -0.460. The van der Waals surface area contributed by atoms with Gasteiger partial charge in [-0.2, -0.15) is 0 Å². The monoisotopic (exact) mass is 292 g/mol. The predicted molar refractivity (Wildman–Crippen MR) is 86.4 cm³/mol. The minimum absolute atomic E-state index is 0.0331. The first-order valence-corrected chi connectivity index (χ1v) is 7.75. The molecule has 1 unspecified atom stereocenters. The van der Waals surface area contributed by atoms with Crippen molar-refractivity contribution in [2.75, 3.05) is 13.1 Å². The van der Waals surface area contributed by atoms with Gasteiger partial charge >= 0.3 is 0 Å². The molecule has 118 valence electrons. The van der Waals surface area contributed by atoms with Gasteiger partial charge in [-0.15, -0.1) is 0 Å². The Bertz CT molecular complexity index is 442. The highest BCUT2D eigenvalue weighted by Crippen LogP contribution is 2.16. The second-order valence-electron chi connectivity index (χ2n) is 5.45. The first-order chi connectivity index (χ1) is 9.97. The number of carbonyl (C=O) groups excluding carboxylic acids is 1. The average molecular weight is 292 g/mol. The van der Waals surface area contributed by atoms with E-state index in [1.165, 1.54) is 0 Å². The van der Waals surface area contributed by atoms with Crippen molar-refractivity contribution < 1.29 is 9.53 Å². The van der Waals surface area contributed by atoms with Crippen molar-refractivity contribution >= 4 is 5.91 Å². The van der Waals surface area contributed by atoms with Gasteiger partial charge in [-0.25, -0.2) is 0 Å². The maximum Gasteiger partial charge on any atom is 0.263 e. The third-order valence-corrected chi connectivity index (χ3v) is 3.35. The summed E-state index contributed by atoms with van der Waals surface area (Å²) in [4.78, 5) is 14.0. The number of likely N-dealkylation sites (N-methyl/N-ethyl adjacent to an activating group) is 1. The van der Waals surface area contributed by atoms with Gasteiger partial charge in [-0.3, -0.25) is 4.79 Å². The number of ether oxygens (including phenoxy) is 1. The normalized spacial score (nSPS) is 12.3. The Kier molecular flexibility index (Phi) is 7.23. The molecule has 0 radical (unpaired) electrons. The summed E-state index contributed by atoms with van der Waals surface area (Å²) in [6.07, 6.45) is -0.460. The van der Waals surface area contributed by atoms with Crippen LogP contribution in [-0.4, -0.2) is 36.0 Å². The van der Waals surface area contributed by atoms with Gasteiger partial charge in [0.1, 0.15) is 5.75 Å². The highest BCUT2D eigenvalue weighted by Gasteiger charge is 2.19. The van der Waals surface area contributed by atoms with Gasteiger partial charge in [0.05, 0.1) is 0 Å². The molecule has 0 aromatic heterocycles. The number of nitrogens with zero attached hydrogens (tertiary/aromatic N) is 1. The Balaban J connectivity index is 2.65. The SMILES string of the molecule is CCN(CC)C(=O)C(C)Oc1cccc(CNC(C)C)c1. The zero-order chi connectivity index (χ0) is 15.8. The quantitative estimate of drug-likeness (QED) is 0.801. The van der Waals surface area contributed by atoms with E-state index in [1.807, 2.05) is 32.0 Å². The van der Waals surface area contributed by atoms with Gasteiger partial charge in [-0.05, 0) is 38.5 Å². The van der Waals surface area contributed by atoms with Crippen molar-refractivity contribution in [1.82, 2.24) is 10.2 Å². The molecule has 0 fully saturated rings. The number of hydrogen-bond donors (Lipinski definition) is 1. The molecular formula is C17H28N2O2. The van der Waals surface area contributed by atoms with Gasteiger partial charge in [0.25, 0.3) is 5.91 Å². The fraction of sp³-hybridized carbons (Fsp3) is 0.588. The number of nitrogens with one attached hydrogen (secondary N) is 1. The van der Waals surface area contributed by atoms with E-state index in [0.717, 1.165) is 17.9 Å².